The maximum atomic E-state index is 4.69. The van der Waals surface area contributed by atoms with E-state index in [2.05, 4.69) is 76.5 Å². The fourth-order valence-electron chi connectivity index (χ4n) is 7.48. The molecular formula is C48H72N2S2. The molecule has 4 aromatic heterocycles. The third kappa shape index (κ3) is 15.6. The molecule has 0 saturated heterocycles. The van der Waals surface area contributed by atoms with Crippen LogP contribution in [0.4, 0.5) is 0 Å². The third-order valence-corrected chi connectivity index (χ3v) is 13.5. The first-order valence-corrected chi connectivity index (χ1v) is 23.3. The Morgan fingerprint density at radius 1 is 0.404 bits per heavy atom. The van der Waals surface area contributed by atoms with Crippen molar-refractivity contribution in [3.05, 3.63) is 71.3 Å². The smallest absolute Gasteiger partial charge is 0.0452 e. The lowest BCUT2D eigenvalue weighted by Crippen LogP contribution is -1.88. The van der Waals surface area contributed by atoms with Crippen molar-refractivity contribution in [3.63, 3.8) is 0 Å². The summed E-state index contributed by atoms with van der Waals surface area (Å²) in [4.78, 5) is 15.1. The van der Waals surface area contributed by atoms with Crippen LogP contribution >= 0.6 is 22.7 Å². The molecule has 0 unspecified atom stereocenters. The second-order valence-corrected chi connectivity index (χ2v) is 17.7. The van der Waals surface area contributed by atoms with Crippen molar-refractivity contribution < 1.29 is 0 Å². The fourth-order valence-corrected chi connectivity index (χ4v) is 9.95. The van der Waals surface area contributed by atoms with E-state index < -0.39 is 0 Å². The van der Waals surface area contributed by atoms with Crippen molar-refractivity contribution in [2.45, 2.75) is 195 Å². The Hall–Kier alpha value is -2.30. The summed E-state index contributed by atoms with van der Waals surface area (Å²) < 4.78 is 0. The molecule has 0 fully saturated rings. The molecule has 0 N–H and O–H groups in total. The Bertz CT molecular complexity index is 1370. The molecule has 4 rings (SSSR count). The van der Waals surface area contributed by atoms with E-state index in [1.807, 2.05) is 22.7 Å². The average molecular weight is 741 g/mol. The van der Waals surface area contributed by atoms with E-state index in [1.165, 1.54) is 196 Å². The minimum absolute atomic E-state index is 1.08. The van der Waals surface area contributed by atoms with Gasteiger partial charge >= 0.3 is 0 Å². The van der Waals surface area contributed by atoms with Crippen LogP contribution in [0.15, 0.2) is 48.8 Å². The largest absolute Gasteiger partial charge is 0.261 e. The third-order valence-electron chi connectivity index (χ3n) is 10.8. The molecule has 2 nitrogen and oxygen atoms in total. The Morgan fingerprint density at radius 3 is 1.00 bits per heavy atom. The van der Waals surface area contributed by atoms with Crippen LogP contribution in [0.25, 0.3) is 30.6 Å². The van der Waals surface area contributed by atoms with E-state index in [-0.39, 0.29) is 0 Å². The van der Waals surface area contributed by atoms with E-state index in [9.17, 15) is 0 Å². The van der Waals surface area contributed by atoms with Crippen molar-refractivity contribution >= 4 is 22.7 Å². The van der Waals surface area contributed by atoms with Gasteiger partial charge in [-0.1, -0.05) is 167 Å². The Morgan fingerprint density at radius 2 is 0.712 bits per heavy atom. The topological polar surface area (TPSA) is 25.8 Å². The van der Waals surface area contributed by atoms with Gasteiger partial charge in [-0.3, -0.25) is 9.97 Å². The van der Waals surface area contributed by atoms with Gasteiger partial charge in [0, 0.05) is 54.4 Å². The van der Waals surface area contributed by atoms with Gasteiger partial charge in [0.15, 0.2) is 0 Å². The van der Waals surface area contributed by atoms with Crippen LogP contribution in [0.5, 0.6) is 0 Å². The molecule has 0 amide bonds. The van der Waals surface area contributed by atoms with E-state index in [4.69, 9.17) is 9.97 Å². The summed E-state index contributed by atoms with van der Waals surface area (Å²) in [6.07, 6.45) is 39.9. The number of rotatable bonds is 29. The number of nitrogens with zero attached hydrogens (tertiary/aromatic N) is 2. The molecule has 0 spiro atoms. The highest BCUT2D eigenvalue weighted by atomic mass is 32.1. The van der Waals surface area contributed by atoms with Crippen LogP contribution in [-0.2, 0) is 12.8 Å². The molecule has 0 aliphatic carbocycles. The first-order chi connectivity index (χ1) is 25.6. The first kappa shape index (κ1) is 42.4. The monoisotopic (exact) mass is 741 g/mol. The summed E-state index contributed by atoms with van der Waals surface area (Å²) >= 11 is 3.95. The number of hydrogen-bond donors (Lipinski definition) is 0. The summed E-state index contributed by atoms with van der Waals surface area (Å²) in [5.41, 5.74) is 7.72. The molecule has 0 radical (unpaired) electrons. The quantitative estimate of drug-likeness (QED) is 0.0518. The van der Waals surface area contributed by atoms with Gasteiger partial charge in [-0.2, -0.15) is 0 Å². The maximum absolute atomic E-state index is 4.69. The minimum Gasteiger partial charge on any atom is -0.261 e. The molecular weight excluding hydrogens is 669 g/mol. The number of pyridine rings is 2. The van der Waals surface area contributed by atoms with Gasteiger partial charge in [-0.05, 0) is 74.9 Å². The molecule has 0 aromatic carbocycles. The highest BCUT2D eigenvalue weighted by molar-refractivity contribution is 7.25. The van der Waals surface area contributed by atoms with Gasteiger partial charge in [0.25, 0.3) is 0 Å². The van der Waals surface area contributed by atoms with Crippen molar-refractivity contribution in [1.29, 1.82) is 0 Å². The molecule has 0 bridgehead atoms. The summed E-state index contributed by atoms with van der Waals surface area (Å²) in [5, 5.41) is 0. The molecule has 0 saturated carbocycles. The lowest BCUT2D eigenvalue weighted by atomic mass is 10.0. The summed E-state index contributed by atoms with van der Waals surface area (Å²) in [7, 11) is 0. The van der Waals surface area contributed by atoms with Crippen LogP contribution in [0.2, 0.25) is 0 Å². The zero-order valence-electron chi connectivity index (χ0n) is 33.7. The van der Waals surface area contributed by atoms with Crippen LogP contribution < -0.4 is 0 Å². The van der Waals surface area contributed by atoms with Crippen LogP contribution in [0, 0.1) is 13.8 Å². The Kier molecular flexibility index (Phi) is 21.0. The first-order valence-electron chi connectivity index (χ1n) is 21.7. The lowest BCUT2D eigenvalue weighted by Gasteiger charge is -2.05. The normalized spacial score (nSPS) is 11.5. The molecule has 4 heterocycles. The van der Waals surface area contributed by atoms with Crippen LogP contribution in [0.1, 0.15) is 190 Å². The van der Waals surface area contributed by atoms with Crippen molar-refractivity contribution in [2.24, 2.45) is 0 Å². The number of aromatic nitrogens is 2. The second kappa shape index (κ2) is 25.7. The lowest BCUT2D eigenvalue weighted by molar-refractivity contribution is 0.544. The van der Waals surface area contributed by atoms with Crippen molar-refractivity contribution in [2.75, 3.05) is 0 Å². The number of aryl methyl sites for hydroxylation is 4. The van der Waals surface area contributed by atoms with Crippen molar-refractivity contribution in [3.8, 4) is 30.6 Å². The fraction of sp³-hybridized carbons (Fsp3) is 0.625. The van der Waals surface area contributed by atoms with Gasteiger partial charge in [-0.15, -0.1) is 22.7 Å². The average Bonchev–Trinajstić information content (AvgIpc) is 3.78. The maximum Gasteiger partial charge on any atom is 0.0452 e. The van der Waals surface area contributed by atoms with E-state index in [0.29, 0.717) is 0 Å². The molecule has 0 aliphatic heterocycles. The van der Waals surface area contributed by atoms with E-state index in [0.717, 1.165) is 24.2 Å². The summed E-state index contributed by atoms with van der Waals surface area (Å²) in [6, 6.07) is 13.9. The molecule has 4 aromatic rings. The number of unbranched alkanes of at least 4 members (excludes halogenated alkanes) is 22. The number of thiophene rings is 2. The Labute approximate surface area is 327 Å². The highest BCUT2D eigenvalue weighted by Gasteiger charge is 2.18. The predicted octanol–water partition coefficient (Wildman–Crippen LogP) is 16.7. The van der Waals surface area contributed by atoms with Gasteiger partial charge in [0.05, 0.1) is 0 Å². The van der Waals surface area contributed by atoms with Crippen molar-refractivity contribution in [1.82, 2.24) is 9.97 Å². The minimum atomic E-state index is 1.08. The molecule has 0 atom stereocenters. The van der Waals surface area contributed by atoms with Gasteiger partial charge < -0.3 is 0 Å². The molecule has 286 valence electrons. The molecule has 4 heteroatoms. The second-order valence-electron chi connectivity index (χ2n) is 15.6. The SMILES string of the molecule is CCCCCCCCCCCCCCc1cc(-c2cc(CCCCCCCCCCCCCC)c(-c3ccc(C)nc3)s2)sc1-c1ccc(C)nc1. The van der Waals surface area contributed by atoms with Crippen LogP contribution in [-0.4, -0.2) is 9.97 Å². The highest BCUT2D eigenvalue weighted by Crippen LogP contribution is 2.45. The Balaban J connectivity index is 1.35. The summed E-state index contributed by atoms with van der Waals surface area (Å²) in [6.45, 7) is 8.78. The van der Waals surface area contributed by atoms with Crippen LogP contribution in [0.3, 0.4) is 0 Å². The number of hydrogen-bond acceptors (Lipinski definition) is 4. The van der Waals surface area contributed by atoms with Gasteiger partial charge in [0.2, 0.25) is 0 Å². The molecule has 0 aliphatic rings. The van der Waals surface area contributed by atoms with E-state index in [1.54, 1.807) is 0 Å². The van der Waals surface area contributed by atoms with Gasteiger partial charge in [0.1, 0.15) is 0 Å². The zero-order valence-corrected chi connectivity index (χ0v) is 35.3. The molecule has 52 heavy (non-hydrogen) atoms. The predicted molar refractivity (Wildman–Crippen MR) is 233 cm³/mol. The van der Waals surface area contributed by atoms with Gasteiger partial charge in [-0.25, -0.2) is 0 Å². The van der Waals surface area contributed by atoms with E-state index >= 15 is 0 Å². The zero-order chi connectivity index (χ0) is 36.6. The summed E-state index contributed by atoms with van der Waals surface area (Å²) in [5.74, 6) is 0. The standard InChI is InChI=1S/C48H72N2S2/c1-5-7-9-11-13-15-17-19-21-23-25-27-29-41-35-45(51-47(41)43-33-31-39(3)49-37-43)46-36-42(48(52-46)44-34-32-40(4)50-38-44)30-28-26-24-22-20-18-16-14-12-10-8-6-2/h31-38H,5-30H2,1-4H3.